The van der Waals surface area contributed by atoms with Crippen LogP contribution in [0.1, 0.15) is 43.4 Å². The van der Waals surface area contributed by atoms with Gasteiger partial charge in [0.05, 0.1) is 0 Å². The zero-order valence-electron chi connectivity index (χ0n) is 18.2. The summed E-state index contributed by atoms with van der Waals surface area (Å²) in [6.45, 7) is 8.59. The average molecular weight is 431 g/mol. The largest absolute Gasteiger partial charge is 0.484 e. The normalized spacial score (nSPS) is 11.6. The Labute approximate surface area is 184 Å². The van der Waals surface area contributed by atoms with Crippen LogP contribution in [0.15, 0.2) is 42.5 Å². The summed E-state index contributed by atoms with van der Waals surface area (Å²) in [4.78, 5) is 27.2. The van der Waals surface area contributed by atoms with E-state index in [0.29, 0.717) is 23.9 Å². The van der Waals surface area contributed by atoms with Gasteiger partial charge in [-0.3, -0.25) is 9.59 Å². The molecular formula is C24H31ClN2O3. The van der Waals surface area contributed by atoms with Gasteiger partial charge in [-0.05, 0) is 68.1 Å². The number of unbranched alkanes of at least 4 members (excludes halogenated alkanes) is 1. The van der Waals surface area contributed by atoms with Crippen molar-refractivity contribution in [2.24, 2.45) is 0 Å². The summed E-state index contributed by atoms with van der Waals surface area (Å²) in [6.07, 6.45) is 1.89. The van der Waals surface area contributed by atoms with Crippen LogP contribution < -0.4 is 10.1 Å². The second kappa shape index (κ2) is 11.6. The number of hydrogen-bond donors (Lipinski definition) is 1. The Morgan fingerprint density at radius 3 is 2.43 bits per heavy atom. The van der Waals surface area contributed by atoms with E-state index in [-0.39, 0.29) is 18.4 Å². The zero-order valence-corrected chi connectivity index (χ0v) is 19.0. The van der Waals surface area contributed by atoms with E-state index in [4.69, 9.17) is 16.3 Å². The average Bonchev–Trinajstić information content (AvgIpc) is 2.73. The molecule has 0 aliphatic rings. The lowest BCUT2D eigenvalue weighted by molar-refractivity contribution is -0.142. The van der Waals surface area contributed by atoms with Crippen LogP contribution in [0.4, 0.5) is 0 Å². The van der Waals surface area contributed by atoms with Gasteiger partial charge in [0.25, 0.3) is 5.91 Å². The molecule has 0 aromatic heterocycles. The topological polar surface area (TPSA) is 58.6 Å². The van der Waals surface area contributed by atoms with Gasteiger partial charge in [0, 0.05) is 18.1 Å². The third-order valence-corrected chi connectivity index (χ3v) is 5.36. The second-order valence-corrected chi connectivity index (χ2v) is 7.94. The highest BCUT2D eigenvalue weighted by atomic mass is 35.5. The van der Waals surface area contributed by atoms with Crippen molar-refractivity contribution in [3.8, 4) is 5.75 Å². The molecule has 0 heterocycles. The first kappa shape index (κ1) is 23.7. The molecule has 0 fully saturated rings. The maximum Gasteiger partial charge on any atom is 0.261 e. The Morgan fingerprint density at radius 1 is 1.10 bits per heavy atom. The molecule has 2 rings (SSSR count). The molecule has 0 spiro atoms. The Hall–Kier alpha value is -2.53. The first-order valence-electron chi connectivity index (χ1n) is 10.3. The van der Waals surface area contributed by atoms with E-state index in [1.807, 2.05) is 44.2 Å². The molecule has 6 heteroatoms. The van der Waals surface area contributed by atoms with E-state index in [0.717, 1.165) is 29.5 Å². The van der Waals surface area contributed by atoms with Crippen molar-refractivity contribution in [2.45, 2.75) is 53.1 Å². The lowest BCUT2D eigenvalue weighted by Crippen LogP contribution is -2.49. The van der Waals surface area contributed by atoms with E-state index in [1.54, 1.807) is 24.0 Å². The van der Waals surface area contributed by atoms with Crippen LogP contribution in [0.2, 0.25) is 5.02 Å². The SMILES string of the molecule is CCCCNC(=O)C(C)N(Cc1ccc(Cl)cc1)C(=O)COc1ccc(C)c(C)c1. The van der Waals surface area contributed by atoms with Crippen LogP contribution >= 0.6 is 11.6 Å². The van der Waals surface area contributed by atoms with Crippen molar-refractivity contribution in [1.82, 2.24) is 10.2 Å². The molecule has 2 aromatic carbocycles. The number of nitrogens with one attached hydrogen (secondary N) is 1. The van der Waals surface area contributed by atoms with Crippen molar-refractivity contribution in [1.29, 1.82) is 0 Å². The van der Waals surface area contributed by atoms with Gasteiger partial charge < -0.3 is 15.0 Å². The minimum atomic E-state index is -0.617. The molecule has 5 nitrogen and oxygen atoms in total. The maximum absolute atomic E-state index is 13.0. The number of aryl methyl sites for hydroxylation is 2. The molecule has 1 atom stereocenters. The van der Waals surface area contributed by atoms with Crippen LogP contribution in [-0.4, -0.2) is 35.9 Å². The van der Waals surface area contributed by atoms with Gasteiger partial charge in [-0.1, -0.05) is 43.1 Å². The van der Waals surface area contributed by atoms with E-state index >= 15 is 0 Å². The van der Waals surface area contributed by atoms with E-state index in [9.17, 15) is 9.59 Å². The van der Waals surface area contributed by atoms with Crippen molar-refractivity contribution in [3.05, 3.63) is 64.2 Å². The van der Waals surface area contributed by atoms with Gasteiger partial charge >= 0.3 is 0 Å². The predicted octanol–water partition coefficient (Wildman–Crippen LogP) is 4.67. The molecule has 2 aromatic rings. The highest BCUT2D eigenvalue weighted by Crippen LogP contribution is 2.18. The van der Waals surface area contributed by atoms with Gasteiger partial charge in [-0.15, -0.1) is 0 Å². The highest BCUT2D eigenvalue weighted by molar-refractivity contribution is 6.30. The number of ether oxygens (including phenoxy) is 1. The zero-order chi connectivity index (χ0) is 22.1. The van der Waals surface area contributed by atoms with E-state index in [2.05, 4.69) is 12.2 Å². The highest BCUT2D eigenvalue weighted by Gasteiger charge is 2.26. The maximum atomic E-state index is 13.0. The van der Waals surface area contributed by atoms with Crippen LogP contribution in [-0.2, 0) is 16.1 Å². The molecule has 0 saturated carbocycles. The molecule has 0 saturated heterocycles. The van der Waals surface area contributed by atoms with E-state index in [1.165, 1.54) is 0 Å². The molecule has 0 bridgehead atoms. The quantitative estimate of drug-likeness (QED) is 0.557. The number of amides is 2. The van der Waals surface area contributed by atoms with Gasteiger partial charge in [0.15, 0.2) is 6.61 Å². The minimum absolute atomic E-state index is 0.136. The van der Waals surface area contributed by atoms with Gasteiger partial charge in [0.1, 0.15) is 11.8 Å². The minimum Gasteiger partial charge on any atom is -0.484 e. The summed E-state index contributed by atoms with van der Waals surface area (Å²) in [7, 11) is 0. The predicted molar refractivity (Wildman–Crippen MR) is 121 cm³/mol. The Bertz CT molecular complexity index is 852. The first-order valence-corrected chi connectivity index (χ1v) is 10.7. The summed E-state index contributed by atoms with van der Waals surface area (Å²) in [5, 5.41) is 3.53. The molecule has 162 valence electrons. The second-order valence-electron chi connectivity index (χ2n) is 7.50. The molecule has 1 N–H and O–H groups in total. The number of nitrogens with zero attached hydrogens (tertiary/aromatic N) is 1. The van der Waals surface area contributed by atoms with Crippen LogP contribution in [0.3, 0.4) is 0 Å². The Balaban J connectivity index is 2.11. The lowest BCUT2D eigenvalue weighted by Gasteiger charge is -2.28. The van der Waals surface area contributed by atoms with Crippen molar-refractivity contribution in [2.75, 3.05) is 13.2 Å². The van der Waals surface area contributed by atoms with Crippen molar-refractivity contribution >= 4 is 23.4 Å². The molecule has 30 heavy (non-hydrogen) atoms. The summed E-state index contributed by atoms with van der Waals surface area (Å²) < 4.78 is 5.73. The Morgan fingerprint density at radius 2 is 1.80 bits per heavy atom. The Kier molecular flexibility index (Phi) is 9.18. The third kappa shape index (κ3) is 7.06. The smallest absolute Gasteiger partial charge is 0.261 e. The summed E-state index contributed by atoms with van der Waals surface area (Å²) >= 11 is 5.97. The van der Waals surface area contributed by atoms with Crippen molar-refractivity contribution in [3.63, 3.8) is 0 Å². The first-order chi connectivity index (χ1) is 14.3. The molecular weight excluding hydrogens is 400 g/mol. The summed E-state index contributed by atoms with van der Waals surface area (Å²) in [6, 6.07) is 12.4. The fourth-order valence-corrected chi connectivity index (χ4v) is 3.06. The molecule has 2 amide bonds. The van der Waals surface area contributed by atoms with E-state index < -0.39 is 6.04 Å². The van der Waals surface area contributed by atoms with Crippen LogP contribution in [0.25, 0.3) is 0 Å². The molecule has 0 aliphatic heterocycles. The third-order valence-electron chi connectivity index (χ3n) is 5.10. The molecule has 0 radical (unpaired) electrons. The number of carbonyl (C=O) groups is 2. The monoisotopic (exact) mass is 430 g/mol. The molecule has 1 unspecified atom stereocenters. The van der Waals surface area contributed by atoms with Crippen molar-refractivity contribution < 1.29 is 14.3 Å². The summed E-state index contributed by atoms with van der Waals surface area (Å²) in [5.74, 6) is 0.219. The number of carbonyl (C=O) groups excluding carboxylic acids is 2. The number of rotatable bonds is 10. The summed E-state index contributed by atoms with van der Waals surface area (Å²) in [5.41, 5.74) is 3.16. The van der Waals surface area contributed by atoms with Gasteiger partial charge in [-0.2, -0.15) is 0 Å². The van der Waals surface area contributed by atoms with Crippen LogP contribution in [0, 0.1) is 13.8 Å². The van der Waals surface area contributed by atoms with Crippen LogP contribution in [0.5, 0.6) is 5.75 Å². The number of hydrogen-bond acceptors (Lipinski definition) is 3. The molecule has 0 aliphatic carbocycles. The van der Waals surface area contributed by atoms with Gasteiger partial charge in [0.2, 0.25) is 5.91 Å². The number of benzene rings is 2. The lowest BCUT2D eigenvalue weighted by atomic mass is 10.1. The fourth-order valence-electron chi connectivity index (χ4n) is 2.94. The van der Waals surface area contributed by atoms with Gasteiger partial charge in [-0.25, -0.2) is 0 Å². The fraction of sp³-hybridized carbons (Fsp3) is 0.417. The number of halogens is 1. The standard InChI is InChI=1S/C24H31ClN2O3/c1-5-6-13-26-24(29)19(4)27(15-20-8-10-21(25)11-9-20)23(28)16-30-22-12-7-17(2)18(3)14-22/h7-12,14,19H,5-6,13,15-16H2,1-4H3,(H,26,29).